The van der Waals surface area contributed by atoms with Gasteiger partial charge in [0.1, 0.15) is 0 Å². The van der Waals surface area contributed by atoms with E-state index in [1.54, 1.807) is 31.4 Å². The molecule has 2 aromatic rings. The SMILES string of the molecule is CN=C(NCCc1ccccn1)NCc1cccc(S(=O)(=O)NCCOC)c1. The van der Waals surface area contributed by atoms with E-state index in [1.807, 2.05) is 24.3 Å². The number of ether oxygens (including phenoxy) is 1. The fraction of sp³-hybridized carbons (Fsp3) is 0.368. The van der Waals surface area contributed by atoms with E-state index in [9.17, 15) is 8.42 Å². The largest absolute Gasteiger partial charge is 0.383 e. The van der Waals surface area contributed by atoms with Crippen molar-refractivity contribution >= 4 is 16.0 Å². The molecule has 0 aliphatic heterocycles. The zero-order valence-electron chi connectivity index (χ0n) is 16.2. The number of guanidine groups is 1. The summed E-state index contributed by atoms with van der Waals surface area (Å²) in [5.41, 5.74) is 1.84. The molecule has 0 amide bonds. The van der Waals surface area contributed by atoms with Crippen molar-refractivity contribution in [3.63, 3.8) is 0 Å². The average Bonchev–Trinajstić information content (AvgIpc) is 2.71. The third-order valence-electron chi connectivity index (χ3n) is 3.89. The maximum absolute atomic E-state index is 12.3. The Morgan fingerprint density at radius 1 is 1.14 bits per heavy atom. The Balaban J connectivity index is 1.87. The third-order valence-corrected chi connectivity index (χ3v) is 5.35. The maximum Gasteiger partial charge on any atom is 0.240 e. The topological polar surface area (TPSA) is 105 Å². The van der Waals surface area contributed by atoms with Crippen LogP contribution in [0.3, 0.4) is 0 Å². The smallest absolute Gasteiger partial charge is 0.240 e. The second-order valence-corrected chi connectivity index (χ2v) is 7.73. The van der Waals surface area contributed by atoms with E-state index in [0.717, 1.165) is 17.7 Å². The lowest BCUT2D eigenvalue weighted by atomic mass is 10.2. The van der Waals surface area contributed by atoms with Gasteiger partial charge in [-0.05, 0) is 29.8 Å². The van der Waals surface area contributed by atoms with Gasteiger partial charge in [0.2, 0.25) is 10.0 Å². The number of rotatable bonds is 10. The molecular weight excluding hydrogens is 378 g/mol. The highest BCUT2D eigenvalue weighted by atomic mass is 32.2. The van der Waals surface area contributed by atoms with E-state index in [2.05, 4.69) is 25.3 Å². The van der Waals surface area contributed by atoms with Crippen molar-refractivity contribution in [1.82, 2.24) is 20.3 Å². The number of methoxy groups -OCH3 is 1. The number of aromatic nitrogens is 1. The number of sulfonamides is 1. The first-order chi connectivity index (χ1) is 13.5. The van der Waals surface area contributed by atoms with Crippen molar-refractivity contribution in [1.29, 1.82) is 0 Å². The van der Waals surface area contributed by atoms with Gasteiger partial charge in [-0.25, -0.2) is 13.1 Å². The first kappa shape index (κ1) is 21.8. The molecule has 0 bridgehead atoms. The summed E-state index contributed by atoms with van der Waals surface area (Å²) in [7, 11) is -0.338. The van der Waals surface area contributed by atoms with Crippen LogP contribution in [0, 0.1) is 0 Å². The highest BCUT2D eigenvalue weighted by Crippen LogP contribution is 2.11. The highest BCUT2D eigenvalue weighted by molar-refractivity contribution is 7.89. The van der Waals surface area contributed by atoms with Crippen LogP contribution in [-0.2, 0) is 27.7 Å². The zero-order chi connectivity index (χ0) is 20.2. The lowest BCUT2D eigenvalue weighted by Gasteiger charge is -2.13. The summed E-state index contributed by atoms with van der Waals surface area (Å²) in [6.07, 6.45) is 2.55. The molecule has 0 saturated carbocycles. The van der Waals surface area contributed by atoms with E-state index in [1.165, 1.54) is 7.11 Å². The predicted molar refractivity (Wildman–Crippen MR) is 110 cm³/mol. The molecule has 152 valence electrons. The van der Waals surface area contributed by atoms with Crippen LogP contribution in [0.5, 0.6) is 0 Å². The van der Waals surface area contributed by atoms with Gasteiger partial charge < -0.3 is 15.4 Å². The van der Waals surface area contributed by atoms with E-state index in [4.69, 9.17) is 4.74 Å². The molecule has 0 fully saturated rings. The molecule has 1 aromatic carbocycles. The fourth-order valence-corrected chi connectivity index (χ4v) is 3.53. The Morgan fingerprint density at radius 2 is 2.00 bits per heavy atom. The minimum Gasteiger partial charge on any atom is -0.383 e. The molecule has 3 N–H and O–H groups in total. The minimum absolute atomic E-state index is 0.223. The van der Waals surface area contributed by atoms with Gasteiger partial charge in [0, 0.05) is 52.1 Å². The third kappa shape index (κ3) is 7.26. The van der Waals surface area contributed by atoms with E-state index in [-0.39, 0.29) is 11.4 Å². The molecular formula is C19H27N5O3S. The second-order valence-electron chi connectivity index (χ2n) is 5.96. The monoisotopic (exact) mass is 405 g/mol. The van der Waals surface area contributed by atoms with Gasteiger partial charge in [-0.15, -0.1) is 0 Å². The molecule has 0 spiro atoms. The van der Waals surface area contributed by atoms with E-state index < -0.39 is 10.0 Å². The van der Waals surface area contributed by atoms with Gasteiger partial charge in [0.25, 0.3) is 0 Å². The Bertz CT molecular complexity index is 857. The number of nitrogens with zero attached hydrogens (tertiary/aromatic N) is 2. The Hall–Kier alpha value is -2.49. The van der Waals surface area contributed by atoms with Gasteiger partial charge in [0.05, 0.1) is 11.5 Å². The fourth-order valence-electron chi connectivity index (χ4n) is 2.45. The van der Waals surface area contributed by atoms with Crippen LogP contribution in [0.4, 0.5) is 0 Å². The molecule has 0 atom stereocenters. The van der Waals surface area contributed by atoms with Crippen molar-refractivity contribution in [3.05, 3.63) is 59.9 Å². The molecule has 1 aromatic heterocycles. The van der Waals surface area contributed by atoms with E-state index in [0.29, 0.717) is 25.7 Å². The van der Waals surface area contributed by atoms with Crippen LogP contribution < -0.4 is 15.4 Å². The molecule has 0 saturated heterocycles. The van der Waals surface area contributed by atoms with Crippen LogP contribution in [0.25, 0.3) is 0 Å². The molecule has 8 nitrogen and oxygen atoms in total. The van der Waals surface area contributed by atoms with Gasteiger partial charge in [0.15, 0.2) is 5.96 Å². The van der Waals surface area contributed by atoms with Crippen LogP contribution in [0.2, 0.25) is 0 Å². The molecule has 0 aliphatic carbocycles. The maximum atomic E-state index is 12.3. The molecule has 0 aliphatic rings. The predicted octanol–water partition coefficient (Wildman–Crippen LogP) is 0.914. The van der Waals surface area contributed by atoms with Crippen molar-refractivity contribution in [2.24, 2.45) is 4.99 Å². The number of pyridine rings is 1. The number of benzene rings is 1. The summed E-state index contributed by atoms with van der Waals surface area (Å²) < 4.78 is 32.0. The lowest BCUT2D eigenvalue weighted by molar-refractivity contribution is 0.204. The summed E-state index contributed by atoms with van der Waals surface area (Å²) in [6.45, 7) is 1.69. The quantitative estimate of drug-likeness (QED) is 0.308. The van der Waals surface area contributed by atoms with Crippen molar-refractivity contribution in [2.75, 3.05) is 33.9 Å². The number of hydrogen-bond donors (Lipinski definition) is 3. The van der Waals surface area contributed by atoms with Crippen LogP contribution in [0.15, 0.2) is 58.5 Å². The van der Waals surface area contributed by atoms with Crippen molar-refractivity contribution < 1.29 is 13.2 Å². The summed E-state index contributed by atoms with van der Waals surface area (Å²) in [5, 5.41) is 6.41. The van der Waals surface area contributed by atoms with Crippen LogP contribution >= 0.6 is 0 Å². The van der Waals surface area contributed by atoms with Gasteiger partial charge >= 0.3 is 0 Å². The molecule has 1 heterocycles. The molecule has 2 rings (SSSR count). The highest BCUT2D eigenvalue weighted by Gasteiger charge is 2.13. The molecule has 28 heavy (non-hydrogen) atoms. The Morgan fingerprint density at radius 3 is 2.71 bits per heavy atom. The van der Waals surface area contributed by atoms with Crippen molar-refractivity contribution in [2.45, 2.75) is 17.9 Å². The average molecular weight is 406 g/mol. The summed E-state index contributed by atoms with van der Waals surface area (Å²) >= 11 is 0. The van der Waals surface area contributed by atoms with Gasteiger partial charge in [-0.2, -0.15) is 0 Å². The normalized spacial score (nSPS) is 12.0. The first-order valence-electron chi connectivity index (χ1n) is 8.97. The van der Waals surface area contributed by atoms with Crippen molar-refractivity contribution in [3.8, 4) is 0 Å². The standard InChI is InChI=1S/C19H27N5O3S/c1-20-19(22-11-9-17-7-3-4-10-21-17)23-15-16-6-5-8-18(14-16)28(25,26)24-12-13-27-2/h3-8,10,14,24H,9,11-13,15H2,1-2H3,(H2,20,22,23). The number of hydrogen-bond acceptors (Lipinski definition) is 5. The Labute approximate surface area is 166 Å². The second kappa shape index (κ2) is 11.4. The van der Waals surface area contributed by atoms with Gasteiger partial charge in [-0.3, -0.25) is 9.98 Å². The molecule has 0 unspecified atom stereocenters. The molecule has 9 heteroatoms. The first-order valence-corrected chi connectivity index (χ1v) is 10.5. The van der Waals surface area contributed by atoms with Crippen LogP contribution in [0.1, 0.15) is 11.3 Å². The molecule has 0 radical (unpaired) electrons. The van der Waals surface area contributed by atoms with Crippen LogP contribution in [-0.4, -0.2) is 53.2 Å². The summed E-state index contributed by atoms with van der Waals surface area (Å²) in [6, 6.07) is 12.6. The summed E-state index contributed by atoms with van der Waals surface area (Å²) in [5.74, 6) is 0.641. The van der Waals surface area contributed by atoms with E-state index >= 15 is 0 Å². The zero-order valence-corrected chi connectivity index (χ0v) is 17.0. The lowest BCUT2D eigenvalue weighted by Crippen LogP contribution is -2.38. The summed E-state index contributed by atoms with van der Waals surface area (Å²) in [4.78, 5) is 8.69. The minimum atomic E-state index is -3.55. The number of nitrogens with one attached hydrogen (secondary N) is 3. The van der Waals surface area contributed by atoms with Gasteiger partial charge in [-0.1, -0.05) is 18.2 Å². The number of aliphatic imine (C=N–C) groups is 1. The Kier molecular flexibility index (Phi) is 8.86.